The number of rotatable bonds is 7. The van der Waals surface area contributed by atoms with Gasteiger partial charge in [-0.2, -0.15) is 0 Å². The van der Waals surface area contributed by atoms with Crippen LogP contribution in [0.15, 0.2) is 49.2 Å². The Hall–Kier alpha value is -3.30. The number of imidazole rings is 1. The third-order valence-corrected chi connectivity index (χ3v) is 5.23. The molecule has 4 aromatic rings. The van der Waals surface area contributed by atoms with Gasteiger partial charge >= 0.3 is 0 Å². The zero-order valence-corrected chi connectivity index (χ0v) is 17.4. The van der Waals surface area contributed by atoms with Gasteiger partial charge in [0.15, 0.2) is 0 Å². The standard InChI is InChI=1S/C22H24N6O3/c1-22(2,30)12-31-17-7-5-15(6-8-17)28-11-18(25-26-28)21(29)20-19(14-3-4-14)24-10-16-9-23-13-27(16)20/h5-11,13-14,21,29-30H,3-4,12H2,1-2H3. The summed E-state index contributed by atoms with van der Waals surface area (Å²) in [4.78, 5) is 8.78. The highest BCUT2D eigenvalue weighted by atomic mass is 16.5. The monoisotopic (exact) mass is 420 g/mol. The number of benzene rings is 1. The van der Waals surface area contributed by atoms with E-state index < -0.39 is 11.7 Å². The van der Waals surface area contributed by atoms with Crippen LogP contribution in [0, 0.1) is 0 Å². The first-order valence-electron chi connectivity index (χ1n) is 10.3. The van der Waals surface area contributed by atoms with Crippen molar-refractivity contribution < 1.29 is 14.9 Å². The van der Waals surface area contributed by atoms with Gasteiger partial charge in [0.2, 0.25) is 0 Å². The highest BCUT2D eigenvalue weighted by molar-refractivity contribution is 5.47. The first kappa shape index (κ1) is 19.7. The summed E-state index contributed by atoms with van der Waals surface area (Å²) in [6.07, 6.45) is 8.09. The van der Waals surface area contributed by atoms with E-state index in [1.54, 1.807) is 55.6 Å². The Balaban J connectivity index is 1.41. The van der Waals surface area contributed by atoms with Gasteiger partial charge in [-0.15, -0.1) is 5.10 Å². The zero-order chi connectivity index (χ0) is 21.6. The van der Waals surface area contributed by atoms with Gasteiger partial charge in [0.05, 0.1) is 53.1 Å². The van der Waals surface area contributed by atoms with Crippen molar-refractivity contribution in [2.75, 3.05) is 6.61 Å². The summed E-state index contributed by atoms with van der Waals surface area (Å²) in [5, 5.41) is 29.4. The van der Waals surface area contributed by atoms with Crippen LogP contribution in [0.3, 0.4) is 0 Å². The normalized spacial score (nSPS) is 15.4. The number of hydrogen-bond acceptors (Lipinski definition) is 7. The molecular weight excluding hydrogens is 396 g/mol. The molecule has 1 aromatic carbocycles. The Morgan fingerprint density at radius 2 is 1.97 bits per heavy atom. The van der Waals surface area contributed by atoms with Gasteiger partial charge < -0.3 is 14.9 Å². The Labute approximate surface area is 179 Å². The average molecular weight is 420 g/mol. The van der Waals surface area contributed by atoms with E-state index in [1.807, 2.05) is 16.5 Å². The largest absolute Gasteiger partial charge is 0.491 e. The molecule has 0 bridgehead atoms. The number of aromatic nitrogens is 6. The Morgan fingerprint density at radius 3 is 2.68 bits per heavy atom. The van der Waals surface area contributed by atoms with Crippen molar-refractivity contribution in [2.24, 2.45) is 0 Å². The van der Waals surface area contributed by atoms with Gasteiger partial charge in [0, 0.05) is 5.92 Å². The molecule has 0 saturated heterocycles. The molecule has 0 radical (unpaired) electrons. The summed E-state index contributed by atoms with van der Waals surface area (Å²) >= 11 is 0. The number of nitrogens with zero attached hydrogens (tertiary/aromatic N) is 6. The molecule has 0 spiro atoms. The van der Waals surface area contributed by atoms with E-state index in [-0.39, 0.29) is 6.61 Å². The minimum absolute atomic E-state index is 0.198. The van der Waals surface area contributed by atoms with Crippen molar-refractivity contribution in [1.82, 2.24) is 29.4 Å². The Bertz CT molecular complexity index is 1200. The van der Waals surface area contributed by atoms with Gasteiger partial charge in [0.25, 0.3) is 0 Å². The number of ether oxygens (including phenoxy) is 1. The summed E-state index contributed by atoms with van der Waals surface area (Å²) in [5.74, 6) is 1.01. The van der Waals surface area contributed by atoms with Gasteiger partial charge in [-0.1, -0.05) is 5.21 Å². The van der Waals surface area contributed by atoms with E-state index in [2.05, 4.69) is 20.3 Å². The van der Waals surface area contributed by atoms with E-state index in [0.29, 0.717) is 23.1 Å². The molecule has 0 amide bonds. The quantitative estimate of drug-likeness (QED) is 0.472. The Morgan fingerprint density at radius 1 is 1.19 bits per heavy atom. The SMILES string of the molecule is CC(C)(O)COc1ccc(-n2cc(C(O)c3c(C4CC4)ncc4cncn34)nn2)cc1. The molecular formula is C22H24N6O3. The molecule has 1 unspecified atom stereocenters. The first-order chi connectivity index (χ1) is 14.9. The number of aliphatic hydroxyl groups is 2. The highest BCUT2D eigenvalue weighted by Crippen LogP contribution is 2.42. The van der Waals surface area contributed by atoms with Crippen LogP contribution >= 0.6 is 0 Å². The molecule has 5 rings (SSSR count). The third-order valence-electron chi connectivity index (χ3n) is 5.23. The second kappa shape index (κ2) is 7.44. The van der Waals surface area contributed by atoms with Crippen LogP contribution in [0.4, 0.5) is 0 Å². The van der Waals surface area contributed by atoms with Gasteiger partial charge in [-0.25, -0.2) is 9.67 Å². The zero-order valence-electron chi connectivity index (χ0n) is 17.4. The molecule has 2 N–H and O–H groups in total. The third kappa shape index (κ3) is 4.01. The molecule has 1 atom stereocenters. The summed E-state index contributed by atoms with van der Waals surface area (Å²) in [7, 11) is 0. The lowest BCUT2D eigenvalue weighted by Crippen LogP contribution is -2.27. The van der Waals surface area contributed by atoms with Crippen molar-refractivity contribution in [1.29, 1.82) is 0 Å². The fourth-order valence-electron chi connectivity index (χ4n) is 3.49. The summed E-state index contributed by atoms with van der Waals surface area (Å²) in [6.45, 7) is 3.58. The highest BCUT2D eigenvalue weighted by Gasteiger charge is 2.32. The maximum Gasteiger partial charge on any atom is 0.142 e. The van der Waals surface area contributed by atoms with Crippen molar-refractivity contribution in [3.05, 3.63) is 66.3 Å². The maximum absolute atomic E-state index is 11.2. The number of hydrogen-bond donors (Lipinski definition) is 2. The predicted molar refractivity (Wildman–Crippen MR) is 112 cm³/mol. The topological polar surface area (TPSA) is 111 Å². The molecule has 1 aliphatic rings. The van der Waals surface area contributed by atoms with Crippen LogP contribution in [0.2, 0.25) is 0 Å². The van der Waals surface area contributed by atoms with Crippen molar-refractivity contribution >= 4 is 5.52 Å². The van der Waals surface area contributed by atoms with Crippen molar-refractivity contribution in [2.45, 2.75) is 44.3 Å². The lowest BCUT2D eigenvalue weighted by atomic mass is 10.1. The summed E-state index contributed by atoms with van der Waals surface area (Å²) in [5.41, 5.74) is 2.73. The van der Waals surface area contributed by atoms with Crippen LogP contribution in [0.1, 0.15) is 55.8 Å². The first-order valence-corrected chi connectivity index (χ1v) is 10.3. The van der Waals surface area contributed by atoms with Crippen LogP contribution in [0.5, 0.6) is 5.75 Å². The molecule has 0 aliphatic heterocycles. The smallest absolute Gasteiger partial charge is 0.142 e. The molecule has 9 heteroatoms. The molecule has 3 heterocycles. The Kier molecular flexibility index (Phi) is 4.71. The number of fused-ring (bicyclic) bond motifs is 1. The average Bonchev–Trinajstić information content (AvgIpc) is 3.27. The van der Waals surface area contributed by atoms with Crippen molar-refractivity contribution in [3.8, 4) is 11.4 Å². The van der Waals surface area contributed by atoms with E-state index in [0.717, 1.165) is 29.7 Å². The maximum atomic E-state index is 11.2. The minimum Gasteiger partial charge on any atom is -0.491 e. The van der Waals surface area contributed by atoms with E-state index in [9.17, 15) is 10.2 Å². The van der Waals surface area contributed by atoms with Crippen molar-refractivity contribution in [3.63, 3.8) is 0 Å². The summed E-state index contributed by atoms with van der Waals surface area (Å²) in [6, 6.07) is 7.30. The molecule has 1 saturated carbocycles. The van der Waals surface area contributed by atoms with E-state index in [4.69, 9.17) is 4.74 Å². The molecule has 3 aromatic heterocycles. The van der Waals surface area contributed by atoms with Crippen LogP contribution < -0.4 is 4.74 Å². The second-order valence-corrected chi connectivity index (χ2v) is 8.58. The number of aliphatic hydroxyl groups excluding tert-OH is 1. The molecule has 31 heavy (non-hydrogen) atoms. The molecule has 9 nitrogen and oxygen atoms in total. The summed E-state index contributed by atoms with van der Waals surface area (Å²) < 4.78 is 9.07. The lowest BCUT2D eigenvalue weighted by molar-refractivity contribution is 0.0285. The van der Waals surface area contributed by atoms with E-state index in [1.165, 1.54) is 0 Å². The minimum atomic E-state index is -0.968. The molecule has 1 fully saturated rings. The van der Waals surface area contributed by atoms with Gasteiger partial charge in [-0.3, -0.25) is 9.38 Å². The second-order valence-electron chi connectivity index (χ2n) is 8.58. The van der Waals surface area contributed by atoms with Crippen LogP contribution in [-0.4, -0.2) is 51.8 Å². The lowest BCUT2D eigenvalue weighted by Gasteiger charge is -2.17. The molecule has 160 valence electrons. The van der Waals surface area contributed by atoms with E-state index >= 15 is 0 Å². The predicted octanol–water partition coefficient (Wildman–Crippen LogP) is 2.42. The fourth-order valence-corrected chi connectivity index (χ4v) is 3.49. The van der Waals surface area contributed by atoms with Crippen LogP contribution in [0.25, 0.3) is 11.2 Å². The van der Waals surface area contributed by atoms with Gasteiger partial charge in [-0.05, 0) is 51.0 Å². The molecule has 1 aliphatic carbocycles. The van der Waals surface area contributed by atoms with Crippen LogP contribution in [-0.2, 0) is 0 Å². The fraction of sp³-hybridized carbons (Fsp3) is 0.364. The van der Waals surface area contributed by atoms with Gasteiger partial charge in [0.1, 0.15) is 24.2 Å².